The second kappa shape index (κ2) is 4.60. The SMILES string of the molecule is Cn1nc(C(F)(F)F)c(C(N)CCO)c1Cl. The predicted octanol–water partition coefficient (Wildman–Crippen LogP) is 1.47. The van der Waals surface area contributed by atoms with Crippen molar-refractivity contribution < 1.29 is 18.3 Å². The highest BCUT2D eigenvalue weighted by molar-refractivity contribution is 6.30. The zero-order valence-electron chi connectivity index (χ0n) is 8.42. The number of alkyl halides is 3. The van der Waals surface area contributed by atoms with E-state index in [1.54, 1.807) is 0 Å². The maximum absolute atomic E-state index is 12.6. The van der Waals surface area contributed by atoms with E-state index in [4.69, 9.17) is 22.4 Å². The molecule has 1 aromatic heterocycles. The average molecular weight is 258 g/mol. The van der Waals surface area contributed by atoms with Crippen LogP contribution in [0.1, 0.15) is 23.7 Å². The molecule has 0 radical (unpaired) electrons. The van der Waals surface area contributed by atoms with Crippen LogP contribution in [0.2, 0.25) is 5.15 Å². The van der Waals surface area contributed by atoms with Gasteiger partial charge in [-0.25, -0.2) is 0 Å². The van der Waals surface area contributed by atoms with Gasteiger partial charge in [0.1, 0.15) is 5.15 Å². The summed E-state index contributed by atoms with van der Waals surface area (Å²) in [5, 5.41) is 11.8. The second-order valence-electron chi connectivity index (χ2n) is 3.29. The summed E-state index contributed by atoms with van der Waals surface area (Å²) in [5.74, 6) is 0. The van der Waals surface area contributed by atoms with E-state index >= 15 is 0 Å². The van der Waals surface area contributed by atoms with Crippen molar-refractivity contribution in [2.75, 3.05) is 6.61 Å². The van der Waals surface area contributed by atoms with E-state index in [1.807, 2.05) is 0 Å². The van der Waals surface area contributed by atoms with Gasteiger partial charge in [-0.1, -0.05) is 11.6 Å². The van der Waals surface area contributed by atoms with Crippen molar-refractivity contribution in [2.24, 2.45) is 12.8 Å². The highest BCUT2D eigenvalue weighted by Gasteiger charge is 2.40. The molecule has 0 aromatic carbocycles. The number of aliphatic hydroxyl groups is 1. The minimum Gasteiger partial charge on any atom is -0.396 e. The Morgan fingerprint density at radius 3 is 2.56 bits per heavy atom. The number of hydrogen-bond donors (Lipinski definition) is 2. The van der Waals surface area contributed by atoms with Gasteiger partial charge in [-0.3, -0.25) is 4.68 Å². The van der Waals surface area contributed by atoms with Gasteiger partial charge in [0, 0.05) is 25.3 Å². The minimum absolute atomic E-state index is 0.00546. The molecule has 0 fully saturated rings. The lowest BCUT2D eigenvalue weighted by Gasteiger charge is -2.12. The minimum atomic E-state index is -4.60. The number of aromatic nitrogens is 2. The summed E-state index contributed by atoms with van der Waals surface area (Å²) in [6, 6.07) is -0.983. The van der Waals surface area contributed by atoms with Gasteiger partial charge in [0.25, 0.3) is 0 Å². The Bertz CT molecular complexity index is 377. The van der Waals surface area contributed by atoms with Crippen molar-refractivity contribution in [3.8, 4) is 0 Å². The monoisotopic (exact) mass is 257 g/mol. The quantitative estimate of drug-likeness (QED) is 0.862. The van der Waals surface area contributed by atoms with Gasteiger partial charge < -0.3 is 10.8 Å². The summed E-state index contributed by atoms with van der Waals surface area (Å²) < 4.78 is 38.7. The molecular weight excluding hydrogens is 247 g/mol. The topological polar surface area (TPSA) is 64.1 Å². The molecule has 0 amide bonds. The Morgan fingerprint density at radius 1 is 1.56 bits per heavy atom. The molecule has 1 unspecified atom stereocenters. The van der Waals surface area contributed by atoms with Gasteiger partial charge in [0.15, 0.2) is 5.69 Å². The Hall–Kier alpha value is -0.790. The van der Waals surface area contributed by atoms with Gasteiger partial charge in [-0.15, -0.1) is 0 Å². The van der Waals surface area contributed by atoms with Gasteiger partial charge in [0.05, 0.1) is 0 Å². The first-order valence-corrected chi connectivity index (χ1v) is 4.82. The molecule has 0 saturated heterocycles. The second-order valence-corrected chi connectivity index (χ2v) is 3.65. The summed E-state index contributed by atoms with van der Waals surface area (Å²) in [5.41, 5.74) is 4.15. The zero-order valence-corrected chi connectivity index (χ0v) is 9.18. The smallest absolute Gasteiger partial charge is 0.396 e. The molecule has 16 heavy (non-hydrogen) atoms. The number of aliphatic hydroxyl groups excluding tert-OH is 1. The molecule has 1 heterocycles. The predicted molar refractivity (Wildman–Crippen MR) is 51.9 cm³/mol. The summed E-state index contributed by atoms with van der Waals surface area (Å²) in [6.45, 7) is -0.316. The number of hydrogen-bond acceptors (Lipinski definition) is 3. The van der Waals surface area contributed by atoms with Gasteiger partial charge in [-0.05, 0) is 6.42 Å². The lowest BCUT2D eigenvalue weighted by Crippen LogP contribution is -2.18. The van der Waals surface area contributed by atoms with Gasteiger partial charge in [-0.2, -0.15) is 18.3 Å². The number of rotatable bonds is 3. The molecule has 0 spiro atoms. The third-order valence-electron chi connectivity index (χ3n) is 2.09. The fraction of sp³-hybridized carbons (Fsp3) is 0.625. The zero-order chi connectivity index (χ0) is 12.5. The third-order valence-corrected chi connectivity index (χ3v) is 2.54. The molecule has 4 nitrogen and oxygen atoms in total. The first-order chi connectivity index (χ1) is 7.29. The molecule has 1 atom stereocenters. The van der Waals surface area contributed by atoms with Crippen LogP contribution in [0.25, 0.3) is 0 Å². The first kappa shape index (κ1) is 13.3. The standard InChI is InChI=1S/C8H11ClF3N3O/c1-15-7(9)5(4(13)2-3-16)6(14-15)8(10,11)12/h4,16H,2-3,13H2,1H3. The van der Waals surface area contributed by atoms with E-state index in [2.05, 4.69) is 5.10 Å². The van der Waals surface area contributed by atoms with Crippen LogP contribution in [0.4, 0.5) is 13.2 Å². The van der Waals surface area contributed by atoms with Crippen molar-refractivity contribution in [1.29, 1.82) is 0 Å². The Labute approximate surface area is 94.8 Å². The van der Waals surface area contributed by atoms with Crippen LogP contribution in [-0.2, 0) is 13.2 Å². The molecule has 3 N–H and O–H groups in total. The maximum atomic E-state index is 12.6. The molecule has 0 saturated carbocycles. The number of nitrogens with two attached hydrogens (primary N) is 1. The fourth-order valence-corrected chi connectivity index (χ4v) is 1.61. The highest BCUT2D eigenvalue weighted by Crippen LogP contribution is 2.37. The van der Waals surface area contributed by atoms with Crippen LogP contribution in [0.5, 0.6) is 0 Å². The van der Waals surface area contributed by atoms with Crippen molar-refractivity contribution in [3.05, 3.63) is 16.4 Å². The Kier molecular flexibility index (Phi) is 3.82. The molecule has 92 valence electrons. The fourth-order valence-electron chi connectivity index (χ4n) is 1.34. The molecule has 0 bridgehead atoms. The van der Waals surface area contributed by atoms with Crippen LogP contribution < -0.4 is 5.73 Å². The van der Waals surface area contributed by atoms with E-state index in [0.717, 1.165) is 4.68 Å². The maximum Gasteiger partial charge on any atom is 0.435 e. The van der Waals surface area contributed by atoms with Crippen LogP contribution >= 0.6 is 11.6 Å². The average Bonchev–Trinajstić information content (AvgIpc) is 2.43. The molecule has 1 aromatic rings. The van der Waals surface area contributed by atoms with Crippen LogP contribution in [-0.4, -0.2) is 21.5 Å². The molecule has 8 heteroatoms. The van der Waals surface area contributed by atoms with E-state index in [0.29, 0.717) is 0 Å². The lowest BCUT2D eigenvalue weighted by molar-refractivity contribution is -0.142. The van der Waals surface area contributed by atoms with Gasteiger partial charge in [0.2, 0.25) is 0 Å². The summed E-state index contributed by atoms with van der Waals surface area (Å²) >= 11 is 5.69. The normalized spacial score (nSPS) is 14.2. The molecule has 1 rings (SSSR count). The van der Waals surface area contributed by atoms with Crippen molar-refractivity contribution >= 4 is 11.6 Å². The van der Waals surface area contributed by atoms with Crippen LogP contribution in [0.3, 0.4) is 0 Å². The van der Waals surface area contributed by atoms with E-state index < -0.39 is 17.9 Å². The highest BCUT2D eigenvalue weighted by atomic mass is 35.5. The molecule has 0 aliphatic rings. The van der Waals surface area contributed by atoms with E-state index in [9.17, 15) is 13.2 Å². The third kappa shape index (κ3) is 2.47. The Balaban J connectivity index is 3.24. The molecule has 0 aliphatic heterocycles. The summed E-state index contributed by atoms with van der Waals surface area (Å²) in [7, 11) is 1.30. The van der Waals surface area contributed by atoms with Crippen LogP contribution in [0, 0.1) is 0 Å². The number of nitrogens with zero attached hydrogens (tertiary/aromatic N) is 2. The van der Waals surface area contributed by atoms with Crippen molar-refractivity contribution in [3.63, 3.8) is 0 Å². The largest absolute Gasteiger partial charge is 0.435 e. The van der Waals surface area contributed by atoms with Crippen molar-refractivity contribution in [2.45, 2.75) is 18.6 Å². The van der Waals surface area contributed by atoms with Crippen molar-refractivity contribution in [1.82, 2.24) is 9.78 Å². The number of halogens is 4. The first-order valence-electron chi connectivity index (χ1n) is 4.45. The number of aryl methyl sites for hydroxylation is 1. The Morgan fingerprint density at radius 2 is 2.12 bits per heavy atom. The lowest BCUT2D eigenvalue weighted by atomic mass is 10.1. The summed E-state index contributed by atoms with van der Waals surface area (Å²) in [6.07, 6.45) is -4.61. The van der Waals surface area contributed by atoms with Gasteiger partial charge >= 0.3 is 6.18 Å². The van der Waals surface area contributed by atoms with E-state index in [-0.39, 0.29) is 23.7 Å². The van der Waals surface area contributed by atoms with E-state index in [1.165, 1.54) is 7.05 Å². The van der Waals surface area contributed by atoms with Crippen LogP contribution in [0.15, 0.2) is 0 Å². The molecule has 0 aliphatic carbocycles. The summed E-state index contributed by atoms with van der Waals surface area (Å²) in [4.78, 5) is 0. The molecular formula is C8H11ClF3N3O.